The molecule has 2 N–H and O–H groups in total. The number of amides is 1. The number of nitrogens with one attached hydrogen (secondary N) is 2. The van der Waals surface area contributed by atoms with Crippen LogP contribution in [0.15, 0.2) is 30.3 Å². The summed E-state index contributed by atoms with van der Waals surface area (Å²) in [5.41, 5.74) is 1.11. The first-order valence-electron chi connectivity index (χ1n) is 8.13. The number of ether oxygens (including phenoxy) is 1. The monoisotopic (exact) mass is 304 g/mol. The maximum atomic E-state index is 12.2. The van der Waals surface area contributed by atoms with Crippen LogP contribution in [0.3, 0.4) is 0 Å². The first-order valence-corrected chi connectivity index (χ1v) is 8.13. The smallest absolute Gasteiger partial charge is 0.234 e. The molecule has 1 fully saturated rings. The van der Waals surface area contributed by atoms with Gasteiger partial charge in [-0.1, -0.05) is 51.1 Å². The Bertz CT molecular complexity index is 462. The third-order valence-electron chi connectivity index (χ3n) is 3.99. The van der Waals surface area contributed by atoms with Gasteiger partial charge in [0.2, 0.25) is 5.91 Å². The third-order valence-corrected chi connectivity index (χ3v) is 3.99. The average molecular weight is 304 g/mol. The van der Waals surface area contributed by atoms with Crippen LogP contribution in [0, 0.1) is 5.41 Å². The molecule has 0 saturated carbocycles. The molecule has 1 aromatic rings. The van der Waals surface area contributed by atoms with Crippen LogP contribution in [0.5, 0.6) is 0 Å². The van der Waals surface area contributed by atoms with Crippen LogP contribution in [0.2, 0.25) is 0 Å². The Balaban J connectivity index is 1.85. The predicted octanol–water partition coefficient (Wildman–Crippen LogP) is 2.66. The van der Waals surface area contributed by atoms with Gasteiger partial charge in [0.05, 0.1) is 18.7 Å². The minimum atomic E-state index is -0.0361. The summed E-state index contributed by atoms with van der Waals surface area (Å²) in [5, 5.41) is 6.35. The fourth-order valence-electron chi connectivity index (χ4n) is 2.81. The second-order valence-electron chi connectivity index (χ2n) is 7.04. The van der Waals surface area contributed by atoms with Crippen molar-refractivity contribution in [2.75, 3.05) is 19.7 Å². The summed E-state index contributed by atoms with van der Waals surface area (Å²) in [6.07, 6.45) is 2.47. The lowest BCUT2D eigenvalue weighted by atomic mass is 9.82. The van der Waals surface area contributed by atoms with E-state index in [-0.39, 0.29) is 23.5 Å². The number of hydrogen-bond donors (Lipinski definition) is 2. The van der Waals surface area contributed by atoms with Crippen LogP contribution in [0.25, 0.3) is 0 Å². The molecule has 0 bridgehead atoms. The van der Waals surface area contributed by atoms with Crippen LogP contribution in [-0.2, 0) is 9.53 Å². The quantitative estimate of drug-likeness (QED) is 0.849. The second-order valence-corrected chi connectivity index (χ2v) is 7.04. The Kier molecular flexibility index (Phi) is 5.98. The average Bonchev–Trinajstić information content (AvgIpc) is 2.98. The van der Waals surface area contributed by atoms with Crippen LogP contribution < -0.4 is 10.6 Å². The molecule has 0 aliphatic carbocycles. The summed E-state index contributed by atoms with van der Waals surface area (Å²) in [6, 6.07) is 10.2. The van der Waals surface area contributed by atoms with E-state index in [1.807, 2.05) is 18.2 Å². The van der Waals surface area contributed by atoms with Gasteiger partial charge in [-0.15, -0.1) is 0 Å². The molecule has 2 rings (SSSR count). The Morgan fingerprint density at radius 3 is 2.64 bits per heavy atom. The van der Waals surface area contributed by atoms with E-state index in [0.29, 0.717) is 6.54 Å². The summed E-state index contributed by atoms with van der Waals surface area (Å²) in [5.74, 6) is 0.0294. The minimum Gasteiger partial charge on any atom is -0.377 e. The van der Waals surface area contributed by atoms with E-state index in [2.05, 4.69) is 43.5 Å². The molecule has 4 heteroatoms. The summed E-state index contributed by atoms with van der Waals surface area (Å²) in [7, 11) is 0. The van der Waals surface area contributed by atoms with Gasteiger partial charge in [0.15, 0.2) is 0 Å². The molecule has 1 aliphatic heterocycles. The molecule has 4 nitrogen and oxygen atoms in total. The lowest BCUT2D eigenvalue weighted by Crippen LogP contribution is -2.42. The van der Waals surface area contributed by atoms with E-state index < -0.39 is 0 Å². The molecule has 1 saturated heterocycles. The van der Waals surface area contributed by atoms with Crippen LogP contribution in [0.1, 0.15) is 45.2 Å². The van der Waals surface area contributed by atoms with Gasteiger partial charge in [0.25, 0.3) is 0 Å². The molecule has 2 atom stereocenters. The maximum absolute atomic E-state index is 12.2. The van der Waals surface area contributed by atoms with Crippen LogP contribution in [0.4, 0.5) is 0 Å². The number of carbonyl (C=O) groups is 1. The van der Waals surface area contributed by atoms with E-state index in [4.69, 9.17) is 4.74 Å². The molecule has 1 amide bonds. The van der Waals surface area contributed by atoms with Crippen molar-refractivity contribution in [3.05, 3.63) is 35.9 Å². The molecule has 0 spiro atoms. The first-order chi connectivity index (χ1) is 10.5. The highest BCUT2D eigenvalue weighted by atomic mass is 16.5. The molecular weight excluding hydrogens is 276 g/mol. The van der Waals surface area contributed by atoms with Gasteiger partial charge in [-0.05, 0) is 23.8 Å². The molecule has 1 aromatic carbocycles. The van der Waals surface area contributed by atoms with Crippen molar-refractivity contribution in [3.63, 3.8) is 0 Å². The molecule has 1 aliphatic rings. The Morgan fingerprint density at radius 1 is 1.32 bits per heavy atom. The van der Waals surface area contributed by atoms with Gasteiger partial charge in [0.1, 0.15) is 0 Å². The van der Waals surface area contributed by atoms with Crippen molar-refractivity contribution in [1.82, 2.24) is 10.6 Å². The van der Waals surface area contributed by atoms with Gasteiger partial charge >= 0.3 is 0 Å². The van der Waals surface area contributed by atoms with E-state index in [1.54, 1.807) is 0 Å². The van der Waals surface area contributed by atoms with E-state index in [0.717, 1.165) is 31.6 Å². The topological polar surface area (TPSA) is 50.4 Å². The lowest BCUT2D eigenvalue weighted by molar-refractivity contribution is -0.121. The molecule has 0 aromatic heterocycles. The second kappa shape index (κ2) is 7.75. The van der Waals surface area contributed by atoms with Crippen LogP contribution >= 0.6 is 0 Å². The summed E-state index contributed by atoms with van der Waals surface area (Å²) in [6.45, 7) is 8.36. The van der Waals surface area contributed by atoms with Crippen molar-refractivity contribution in [1.29, 1.82) is 0 Å². The Labute approximate surface area is 133 Å². The van der Waals surface area contributed by atoms with Crippen molar-refractivity contribution in [2.45, 2.75) is 45.8 Å². The van der Waals surface area contributed by atoms with Crippen molar-refractivity contribution in [3.8, 4) is 0 Å². The molecule has 0 unspecified atom stereocenters. The fraction of sp³-hybridized carbons (Fsp3) is 0.611. The third kappa shape index (κ3) is 5.11. The van der Waals surface area contributed by atoms with Gasteiger partial charge in [-0.25, -0.2) is 0 Å². The first kappa shape index (κ1) is 17.0. The summed E-state index contributed by atoms with van der Waals surface area (Å²) < 4.78 is 5.55. The number of rotatable bonds is 6. The predicted molar refractivity (Wildman–Crippen MR) is 88.6 cm³/mol. The number of hydrogen-bond acceptors (Lipinski definition) is 3. The number of benzene rings is 1. The van der Waals surface area contributed by atoms with Gasteiger partial charge in [-0.3, -0.25) is 4.79 Å². The normalized spacial score (nSPS) is 19.9. The SMILES string of the molecule is CC(C)(C)[C@H](NC(=O)CNC[C@H]1CCCO1)c1ccccc1. The van der Waals surface area contributed by atoms with Gasteiger partial charge < -0.3 is 15.4 Å². The molecular formula is C18H28N2O2. The molecule has 22 heavy (non-hydrogen) atoms. The van der Waals surface area contributed by atoms with E-state index >= 15 is 0 Å². The van der Waals surface area contributed by atoms with Crippen LogP contribution in [-0.4, -0.2) is 31.7 Å². The van der Waals surface area contributed by atoms with E-state index in [9.17, 15) is 4.79 Å². The summed E-state index contributed by atoms with van der Waals surface area (Å²) >= 11 is 0. The zero-order valence-corrected chi connectivity index (χ0v) is 13.9. The molecule has 122 valence electrons. The van der Waals surface area contributed by atoms with Gasteiger partial charge in [-0.2, -0.15) is 0 Å². The molecule has 1 heterocycles. The Morgan fingerprint density at radius 2 is 2.05 bits per heavy atom. The Hall–Kier alpha value is -1.39. The fourth-order valence-corrected chi connectivity index (χ4v) is 2.81. The maximum Gasteiger partial charge on any atom is 0.234 e. The minimum absolute atomic E-state index is 0.00531. The molecule has 0 radical (unpaired) electrons. The standard InChI is InChI=1S/C18H28N2O2/c1-18(2,3)17(14-8-5-4-6-9-14)20-16(21)13-19-12-15-10-7-11-22-15/h4-6,8-9,15,17,19H,7,10-13H2,1-3H3,(H,20,21)/t15-,17-/m1/s1. The van der Waals surface area contributed by atoms with Crippen molar-refractivity contribution in [2.24, 2.45) is 5.41 Å². The highest BCUT2D eigenvalue weighted by Crippen LogP contribution is 2.32. The van der Waals surface area contributed by atoms with Crippen molar-refractivity contribution < 1.29 is 9.53 Å². The highest BCUT2D eigenvalue weighted by molar-refractivity contribution is 5.78. The van der Waals surface area contributed by atoms with Crippen molar-refractivity contribution >= 4 is 5.91 Å². The lowest BCUT2D eigenvalue weighted by Gasteiger charge is -2.32. The van der Waals surface area contributed by atoms with E-state index in [1.165, 1.54) is 0 Å². The largest absolute Gasteiger partial charge is 0.377 e. The zero-order valence-electron chi connectivity index (χ0n) is 13.9. The number of carbonyl (C=O) groups excluding carboxylic acids is 1. The van der Waals surface area contributed by atoms with Gasteiger partial charge in [0, 0.05) is 13.2 Å². The summed E-state index contributed by atoms with van der Waals surface area (Å²) in [4.78, 5) is 12.2. The zero-order chi connectivity index (χ0) is 16.0. The highest BCUT2D eigenvalue weighted by Gasteiger charge is 2.27.